The normalized spacial score (nSPS) is 19.4. The molecule has 0 bridgehead atoms. The molecule has 1 aliphatic carbocycles. The van der Waals surface area contributed by atoms with E-state index in [9.17, 15) is 0 Å². The van der Waals surface area contributed by atoms with Crippen molar-refractivity contribution in [2.45, 2.75) is 69.4 Å². The van der Waals surface area contributed by atoms with Gasteiger partial charge in [0.25, 0.3) is 0 Å². The van der Waals surface area contributed by atoms with E-state index in [-0.39, 0.29) is 0 Å². The number of hydrogen-bond acceptors (Lipinski definition) is 5. The van der Waals surface area contributed by atoms with E-state index in [2.05, 4.69) is 29.3 Å². The summed E-state index contributed by atoms with van der Waals surface area (Å²) >= 11 is 1.89. The summed E-state index contributed by atoms with van der Waals surface area (Å²) in [6.45, 7) is 4.45. The lowest BCUT2D eigenvalue weighted by Crippen LogP contribution is -2.34. The highest BCUT2D eigenvalue weighted by atomic mass is 32.2. The molecule has 0 aliphatic heterocycles. The fraction of sp³-hybridized carbons (Fsp3) is 0.867. The first-order valence-electron chi connectivity index (χ1n) is 7.83. The summed E-state index contributed by atoms with van der Waals surface area (Å²) in [6.07, 6.45) is 7.43. The smallest absolute Gasteiger partial charge is 0.228 e. The monoisotopic (exact) mass is 297 g/mol. The summed E-state index contributed by atoms with van der Waals surface area (Å²) in [5.41, 5.74) is 0. The van der Waals surface area contributed by atoms with Gasteiger partial charge in [0.1, 0.15) is 0 Å². The van der Waals surface area contributed by atoms with E-state index >= 15 is 0 Å². The standard InChI is InChI=1S/C15H27N3OS/c1-4-11(2)20-10-14-17-15(19-18-14)9-13(16-3)12-7-5-6-8-12/h11-13,16H,4-10H2,1-3H3. The largest absolute Gasteiger partial charge is 0.339 e. The molecule has 114 valence electrons. The average Bonchev–Trinajstić information content (AvgIpc) is 3.13. The Kier molecular flexibility index (Phi) is 6.36. The first-order valence-corrected chi connectivity index (χ1v) is 8.88. The van der Waals surface area contributed by atoms with Crippen molar-refractivity contribution in [3.8, 4) is 0 Å². The zero-order valence-corrected chi connectivity index (χ0v) is 13.7. The molecule has 1 aromatic rings. The molecule has 1 heterocycles. The van der Waals surface area contributed by atoms with E-state index in [1.165, 1.54) is 32.1 Å². The van der Waals surface area contributed by atoms with Crippen LogP contribution in [0, 0.1) is 5.92 Å². The van der Waals surface area contributed by atoms with Crippen LogP contribution in [-0.4, -0.2) is 28.5 Å². The summed E-state index contributed by atoms with van der Waals surface area (Å²) in [6, 6.07) is 0.480. The Morgan fingerprint density at radius 3 is 2.80 bits per heavy atom. The van der Waals surface area contributed by atoms with E-state index in [4.69, 9.17) is 4.52 Å². The topological polar surface area (TPSA) is 51.0 Å². The van der Waals surface area contributed by atoms with Crippen molar-refractivity contribution >= 4 is 11.8 Å². The molecule has 0 saturated heterocycles. The van der Waals surface area contributed by atoms with Gasteiger partial charge >= 0.3 is 0 Å². The lowest BCUT2D eigenvalue weighted by atomic mass is 9.95. The van der Waals surface area contributed by atoms with Crippen molar-refractivity contribution < 1.29 is 4.52 Å². The van der Waals surface area contributed by atoms with Crippen LogP contribution in [-0.2, 0) is 12.2 Å². The molecule has 0 amide bonds. The number of hydrogen-bond donors (Lipinski definition) is 1. The maximum Gasteiger partial charge on any atom is 0.228 e. The zero-order valence-electron chi connectivity index (χ0n) is 12.9. The molecule has 1 fully saturated rings. The second-order valence-electron chi connectivity index (χ2n) is 5.78. The van der Waals surface area contributed by atoms with Gasteiger partial charge in [-0.05, 0) is 32.2 Å². The van der Waals surface area contributed by atoms with E-state index in [0.29, 0.717) is 11.3 Å². The zero-order chi connectivity index (χ0) is 14.4. The van der Waals surface area contributed by atoms with Crippen molar-refractivity contribution in [3.05, 3.63) is 11.7 Å². The quantitative estimate of drug-likeness (QED) is 0.796. The summed E-state index contributed by atoms with van der Waals surface area (Å²) in [5, 5.41) is 8.18. The minimum absolute atomic E-state index is 0.480. The Labute approximate surface area is 126 Å². The van der Waals surface area contributed by atoms with Gasteiger partial charge in [-0.2, -0.15) is 16.7 Å². The Hall–Kier alpha value is -0.550. The fourth-order valence-electron chi connectivity index (χ4n) is 2.82. The van der Waals surface area contributed by atoms with Gasteiger partial charge in [0.05, 0.1) is 5.75 Å². The molecule has 1 aliphatic rings. The lowest BCUT2D eigenvalue weighted by molar-refractivity contribution is 0.317. The van der Waals surface area contributed by atoms with Crippen LogP contribution in [0.15, 0.2) is 4.52 Å². The van der Waals surface area contributed by atoms with Gasteiger partial charge in [-0.15, -0.1) is 0 Å². The predicted octanol–water partition coefficient (Wildman–Crippen LogP) is 3.42. The van der Waals surface area contributed by atoms with Crippen LogP contribution in [0.4, 0.5) is 0 Å². The summed E-state index contributed by atoms with van der Waals surface area (Å²) in [7, 11) is 2.04. The van der Waals surface area contributed by atoms with Crippen molar-refractivity contribution in [1.29, 1.82) is 0 Å². The molecule has 0 radical (unpaired) electrons. The molecule has 5 heteroatoms. The number of likely N-dealkylation sites (N-methyl/N-ethyl adjacent to an activating group) is 1. The third-order valence-corrected chi connectivity index (χ3v) is 5.64. The Morgan fingerprint density at radius 1 is 1.40 bits per heavy atom. The number of nitrogens with zero attached hydrogens (tertiary/aromatic N) is 2. The van der Waals surface area contributed by atoms with Crippen molar-refractivity contribution in [2.75, 3.05) is 7.05 Å². The van der Waals surface area contributed by atoms with Gasteiger partial charge in [-0.3, -0.25) is 0 Å². The van der Waals surface area contributed by atoms with Crippen LogP contribution in [0.3, 0.4) is 0 Å². The molecule has 2 unspecified atom stereocenters. The molecular weight excluding hydrogens is 270 g/mol. The molecule has 2 atom stereocenters. The predicted molar refractivity (Wildman–Crippen MR) is 83.9 cm³/mol. The average molecular weight is 297 g/mol. The van der Waals surface area contributed by atoms with E-state index < -0.39 is 0 Å². The van der Waals surface area contributed by atoms with Crippen LogP contribution in [0.1, 0.15) is 57.7 Å². The SMILES string of the molecule is CCC(C)SCc1noc(CC(NC)C2CCCC2)n1. The minimum atomic E-state index is 0.480. The van der Waals surface area contributed by atoms with Crippen LogP contribution in [0.2, 0.25) is 0 Å². The third kappa shape index (κ3) is 4.48. The van der Waals surface area contributed by atoms with Gasteiger partial charge in [-0.25, -0.2) is 0 Å². The number of nitrogens with one attached hydrogen (secondary N) is 1. The number of thioether (sulfide) groups is 1. The molecule has 1 saturated carbocycles. The van der Waals surface area contributed by atoms with Crippen LogP contribution in [0.5, 0.6) is 0 Å². The Morgan fingerprint density at radius 2 is 2.15 bits per heavy atom. The molecule has 4 nitrogen and oxygen atoms in total. The highest BCUT2D eigenvalue weighted by molar-refractivity contribution is 7.99. The summed E-state index contributed by atoms with van der Waals surface area (Å²) in [5.74, 6) is 3.25. The molecule has 1 N–H and O–H groups in total. The molecule has 0 aromatic carbocycles. The van der Waals surface area contributed by atoms with Gasteiger partial charge in [0.15, 0.2) is 5.82 Å². The van der Waals surface area contributed by atoms with Crippen LogP contribution in [0.25, 0.3) is 0 Å². The summed E-state index contributed by atoms with van der Waals surface area (Å²) < 4.78 is 5.41. The van der Waals surface area contributed by atoms with Crippen molar-refractivity contribution in [1.82, 2.24) is 15.5 Å². The molecule has 1 aromatic heterocycles. The molecule has 0 spiro atoms. The van der Waals surface area contributed by atoms with Gasteiger partial charge in [0, 0.05) is 17.7 Å². The molecule has 2 rings (SSSR count). The fourth-order valence-corrected chi connectivity index (χ4v) is 3.61. The van der Waals surface area contributed by atoms with E-state index in [1.54, 1.807) is 0 Å². The maximum absolute atomic E-state index is 5.41. The highest BCUT2D eigenvalue weighted by Gasteiger charge is 2.25. The lowest BCUT2D eigenvalue weighted by Gasteiger charge is -2.20. The van der Waals surface area contributed by atoms with Gasteiger partial charge < -0.3 is 9.84 Å². The number of aromatic nitrogens is 2. The molecule has 20 heavy (non-hydrogen) atoms. The first kappa shape index (κ1) is 15.8. The Bertz CT molecular complexity index is 390. The number of rotatable bonds is 8. The second kappa shape index (κ2) is 8.03. The third-order valence-electron chi connectivity index (χ3n) is 4.32. The second-order valence-corrected chi connectivity index (χ2v) is 7.20. The van der Waals surface area contributed by atoms with Gasteiger partial charge in [-0.1, -0.05) is 31.8 Å². The summed E-state index contributed by atoms with van der Waals surface area (Å²) in [4.78, 5) is 4.54. The Balaban J connectivity index is 1.84. The first-order chi connectivity index (χ1) is 9.72. The highest BCUT2D eigenvalue weighted by Crippen LogP contribution is 2.29. The minimum Gasteiger partial charge on any atom is -0.339 e. The maximum atomic E-state index is 5.41. The van der Waals surface area contributed by atoms with Gasteiger partial charge in [0.2, 0.25) is 5.89 Å². The van der Waals surface area contributed by atoms with E-state index in [1.807, 2.05) is 18.8 Å². The van der Waals surface area contributed by atoms with Crippen molar-refractivity contribution in [3.63, 3.8) is 0 Å². The van der Waals surface area contributed by atoms with Crippen LogP contribution < -0.4 is 5.32 Å². The van der Waals surface area contributed by atoms with Crippen LogP contribution >= 0.6 is 11.8 Å². The van der Waals surface area contributed by atoms with E-state index in [0.717, 1.165) is 29.8 Å². The van der Waals surface area contributed by atoms with Crippen molar-refractivity contribution in [2.24, 2.45) is 5.92 Å². The molecular formula is C15H27N3OS.